The number of benzene rings is 1. The van der Waals surface area contributed by atoms with Gasteiger partial charge in [0, 0.05) is 6.61 Å². The third-order valence-electron chi connectivity index (χ3n) is 2.35. The Bertz CT molecular complexity index is 664. The quantitative estimate of drug-likeness (QED) is 0.641. The Labute approximate surface area is 106 Å². The van der Waals surface area contributed by atoms with Crippen LogP contribution in [0.25, 0.3) is 0 Å². The van der Waals surface area contributed by atoms with Crippen molar-refractivity contribution in [2.24, 2.45) is 10.3 Å². The van der Waals surface area contributed by atoms with Crippen molar-refractivity contribution >= 4 is 20.0 Å². The van der Waals surface area contributed by atoms with Gasteiger partial charge in [-0.15, -0.1) is 0 Å². The summed E-state index contributed by atoms with van der Waals surface area (Å²) in [6.07, 6.45) is 0.0531. The summed E-state index contributed by atoms with van der Waals surface area (Å²) in [6, 6.07) is 2.26. The van der Waals surface area contributed by atoms with Crippen molar-refractivity contribution in [3.8, 4) is 0 Å². The fraction of sp³-hybridized carbons (Fsp3) is 0.333. The maximum Gasteiger partial charge on any atom is 0.238 e. The van der Waals surface area contributed by atoms with Crippen LogP contribution in [0, 0.1) is 6.92 Å². The second-order valence-electron chi connectivity index (χ2n) is 3.79. The Hall–Kier alpha value is -1.00. The first-order chi connectivity index (χ1) is 8.07. The molecule has 7 nitrogen and oxygen atoms in total. The Balaban J connectivity index is 3.67. The molecule has 0 aliphatic heterocycles. The zero-order chi connectivity index (χ0) is 14.1. The van der Waals surface area contributed by atoms with E-state index in [-0.39, 0.29) is 28.4 Å². The zero-order valence-electron chi connectivity index (χ0n) is 9.62. The number of aliphatic hydroxyl groups is 1. The summed E-state index contributed by atoms with van der Waals surface area (Å²) >= 11 is 0. The lowest BCUT2D eigenvalue weighted by Crippen LogP contribution is -2.19. The molecule has 0 fully saturated rings. The molecular weight excluding hydrogens is 280 g/mol. The summed E-state index contributed by atoms with van der Waals surface area (Å²) in [5.41, 5.74) is 0.554. The first-order valence-corrected chi connectivity index (χ1v) is 7.96. The van der Waals surface area contributed by atoms with Gasteiger partial charge in [-0.3, -0.25) is 0 Å². The summed E-state index contributed by atoms with van der Waals surface area (Å²) in [7, 11) is -8.12. The Morgan fingerprint density at radius 3 is 1.94 bits per heavy atom. The Kier molecular flexibility index (Phi) is 4.13. The van der Waals surface area contributed by atoms with Crippen LogP contribution in [0.3, 0.4) is 0 Å². The molecule has 1 rings (SSSR count). The minimum atomic E-state index is -4.09. The maximum atomic E-state index is 11.4. The van der Waals surface area contributed by atoms with E-state index in [4.69, 9.17) is 15.4 Å². The number of nitrogens with two attached hydrogens (primary N) is 2. The van der Waals surface area contributed by atoms with E-state index in [1.807, 2.05) is 0 Å². The van der Waals surface area contributed by atoms with Crippen LogP contribution in [0.1, 0.15) is 11.1 Å². The SMILES string of the molecule is Cc1cc(CCO)c(S(N)(=O)=O)cc1S(N)(=O)=O. The van der Waals surface area contributed by atoms with Gasteiger partial charge in [0.1, 0.15) is 0 Å². The second-order valence-corrected chi connectivity index (χ2v) is 6.85. The van der Waals surface area contributed by atoms with Crippen LogP contribution in [-0.4, -0.2) is 28.5 Å². The van der Waals surface area contributed by atoms with Crippen LogP contribution in [-0.2, 0) is 26.5 Å². The molecule has 0 saturated heterocycles. The van der Waals surface area contributed by atoms with E-state index in [0.29, 0.717) is 5.56 Å². The van der Waals surface area contributed by atoms with Crippen LogP contribution in [0.15, 0.2) is 21.9 Å². The first-order valence-electron chi connectivity index (χ1n) is 4.87. The lowest BCUT2D eigenvalue weighted by Gasteiger charge is -2.11. The largest absolute Gasteiger partial charge is 0.396 e. The lowest BCUT2D eigenvalue weighted by molar-refractivity contribution is 0.298. The van der Waals surface area contributed by atoms with Crippen molar-refractivity contribution in [1.29, 1.82) is 0 Å². The highest BCUT2D eigenvalue weighted by atomic mass is 32.2. The van der Waals surface area contributed by atoms with Gasteiger partial charge in [-0.25, -0.2) is 27.1 Å². The van der Waals surface area contributed by atoms with Crippen LogP contribution < -0.4 is 10.3 Å². The normalized spacial score (nSPS) is 12.7. The number of hydrogen-bond acceptors (Lipinski definition) is 5. The smallest absolute Gasteiger partial charge is 0.238 e. The van der Waals surface area contributed by atoms with Gasteiger partial charge in [-0.2, -0.15) is 0 Å². The number of sulfonamides is 2. The molecule has 18 heavy (non-hydrogen) atoms. The fourth-order valence-electron chi connectivity index (χ4n) is 1.62. The molecule has 1 aromatic rings. The van der Waals surface area contributed by atoms with Gasteiger partial charge >= 0.3 is 0 Å². The number of primary sulfonamides is 2. The molecule has 0 atom stereocenters. The average molecular weight is 294 g/mol. The van der Waals surface area contributed by atoms with Gasteiger partial charge in [0.2, 0.25) is 20.0 Å². The molecule has 9 heteroatoms. The average Bonchev–Trinajstić information content (AvgIpc) is 2.13. The molecule has 0 heterocycles. The van der Waals surface area contributed by atoms with E-state index in [1.165, 1.54) is 13.0 Å². The highest BCUT2D eigenvalue weighted by Gasteiger charge is 2.20. The molecule has 102 valence electrons. The highest BCUT2D eigenvalue weighted by molar-refractivity contribution is 7.90. The summed E-state index contributed by atoms with van der Waals surface area (Å²) in [6.45, 7) is 1.20. The topological polar surface area (TPSA) is 141 Å². The molecule has 0 aliphatic rings. The first kappa shape index (κ1) is 15.1. The van der Waals surface area contributed by atoms with Crippen LogP contribution in [0.4, 0.5) is 0 Å². The fourth-order valence-corrected chi connectivity index (χ4v) is 3.29. The second kappa shape index (κ2) is 4.94. The van der Waals surface area contributed by atoms with E-state index in [9.17, 15) is 16.8 Å². The Morgan fingerprint density at radius 2 is 1.56 bits per heavy atom. The molecule has 0 aromatic heterocycles. The summed E-state index contributed by atoms with van der Waals surface area (Å²) in [4.78, 5) is -0.639. The van der Waals surface area contributed by atoms with E-state index < -0.39 is 20.0 Å². The van der Waals surface area contributed by atoms with E-state index >= 15 is 0 Å². The van der Waals surface area contributed by atoms with Gasteiger partial charge < -0.3 is 5.11 Å². The number of aryl methyl sites for hydroxylation is 1. The molecule has 0 spiro atoms. The molecule has 0 unspecified atom stereocenters. The Morgan fingerprint density at radius 1 is 1.06 bits per heavy atom. The van der Waals surface area contributed by atoms with Gasteiger partial charge in [0.15, 0.2) is 0 Å². The predicted molar refractivity (Wildman–Crippen MR) is 64.7 cm³/mol. The van der Waals surface area contributed by atoms with Crippen molar-refractivity contribution in [2.45, 2.75) is 23.1 Å². The van der Waals surface area contributed by atoms with Crippen LogP contribution >= 0.6 is 0 Å². The minimum Gasteiger partial charge on any atom is -0.396 e. The number of hydrogen-bond donors (Lipinski definition) is 3. The van der Waals surface area contributed by atoms with E-state index in [1.54, 1.807) is 0 Å². The zero-order valence-corrected chi connectivity index (χ0v) is 11.3. The highest BCUT2D eigenvalue weighted by Crippen LogP contribution is 2.23. The third kappa shape index (κ3) is 3.27. The van der Waals surface area contributed by atoms with Gasteiger partial charge in [0.05, 0.1) is 9.79 Å². The molecule has 5 N–H and O–H groups in total. The standard InChI is InChI=1S/C9H14N2O5S2/c1-6-4-7(2-3-12)9(18(11,15)16)5-8(6)17(10,13)14/h4-5,12H,2-3H2,1H3,(H2,10,13,14)(H2,11,15,16). The summed E-state index contributed by atoms with van der Waals surface area (Å²) in [5.74, 6) is 0. The third-order valence-corrected chi connectivity index (χ3v) is 4.40. The van der Waals surface area contributed by atoms with Gasteiger partial charge in [0.25, 0.3) is 0 Å². The molecule has 0 saturated carbocycles. The van der Waals surface area contributed by atoms with Crippen LogP contribution in [0.2, 0.25) is 0 Å². The molecule has 0 aliphatic carbocycles. The van der Waals surface area contributed by atoms with Gasteiger partial charge in [-0.1, -0.05) is 6.07 Å². The van der Waals surface area contributed by atoms with Crippen molar-refractivity contribution < 1.29 is 21.9 Å². The van der Waals surface area contributed by atoms with Crippen molar-refractivity contribution in [1.82, 2.24) is 0 Å². The monoisotopic (exact) mass is 294 g/mol. The van der Waals surface area contributed by atoms with Crippen molar-refractivity contribution in [3.05, 3.63) is 23.3 Å². The number of aliphatic hydroxyl groups excluding tert-OH is 1. The predicted octanol–water partition coefficient (Wildman–Crippen LogP) is -1.18. The van der Waals surface area contributed by atoms with Crippen molar-refractivity contribution in [3.63, 3.8) is 0 Å². The number of rotatable bonds is 4. The minimum absolute atomic E-state index is 0.0531. The molecular formula is C9H14N2O5S2. The summed E-state index contributed by atoms with van der Waals surface area (Å²) in [5, 5.41) is 18.8. The van der Waals surface area contributed by atoms with E-state index in [0.717, 1.165) is 6.07 Å². The molecule has 0 radical (unpaired) electrons. The van der Waals surface area contributed by atoms with Crippen molar-refractivity contribution in [2.75, 3.05) is 6.61 Å². The van der Waals surface area contributed by atoms with Crippen LogP contribution in [0.5, 0.6) is 0 Å². The van der Waals surface area contributed by atoms with Gasteiger partial charge in [-0.05, 0) is 30.5 Å². The molecule has 0 bridgehead atoms. The lowest BCUT2D eigenvalue weighted by atomic mass is 10.1. The molecule has 1 aromatic carbocycles. The maximum absolute atomic E-state index is 11.4. The summed E-state index contributed by atoms with van der Waals surface area (Å²) < 4.78 is 45.3. The molecule has 0 amide bonds. The van der Waals surface area contributed by atoms with E-state index in [2.05, 4.69) is 0 Å².